The fourth-order valence-electron chi connectivity index (χ4n) is 3.42. The van der Waals surface area contributed by atoms with Gasteiger partial charge in [-0.05, 0) is 44.2 Å². The van der Waals surface area contributed by atoms with Crippen molar-refractivity contribution in [1.82, 2.24) is 16.0 Å². The third-order valence-electron chi connectivity index (χ3n) is 4.88. The lowest BCUT2D eigenvalue weighted by molar-refractivity contribution is -0.121. The Hall–Kier alpha value is -2.24. The van der Waals surface area contributed by atoms with Crippen LogP contribution in [-0.4, -0.2) is 38.6 Å². The Kier molecular flexibility index (Phi) is 8.95. The molecule has 1 saturated carbocycles. The van der Waals surface area contributed by atoms with E-state index in [1.807, 2.05) is 26.0 Å². The van der Waals surface area contributed by atoms with Gasteiger partial charge in [-0.25, -0.2) is 4.99 Å². The number of nitrogens with one attached hydrogen (secondary N) is 3. The van der Waals surface area contributed by atoms with Crippen LogP contribution in [0.25, 0.3) is 0 Å². The van der Waals surface area contributed by atoms with E-state index >= 15 is 0 Å². The summed E-state index contributed by atoms with van der Waals surface area (Å²) in [6.07, 6.45) is 5.61. The van der Waals surface area contributed by atoms with Crippen LogP contribution < -0.4 is 20.7 Å². The van der Waals surface area contributed by atoms with Crippen LogP contribution in [-0.2, 0) is 11.3 Å². The van der Waals surface area contributed by atoms with Crippen molar-refractivity contribution in [2.24, 2.45) is 10.9 Å². The number of methoxy groups -OCH3 is 1. The van der Waals surface area contributed by atoms with Gasteiger partial charge in [0.25, 0.3) is 0 Å². The highest BCUT2D eigenvalue weighted by Gasteiger charge is 2.17. The van der Waals surface area contributed by atoms with Crippen molar-refractivity contribution in [3.05, 3.63) is 29.3 Å². The number of nitrogens with zero attached hydrogens (tertiary/aromatic N) is 1. The predicted molar refractivity (Wildman–Crippen MR) is 110 cm³/mol. The average Bonchev–Trinajstić information content (AvgIpc) is 3.16. The number of aryl methyl sites for hydroxylation is 1. The van der Waals surface area contributed by atoms with Crippen LogP contribution in [0.4, 0.5) is 0 Å². The molecule has 0 aliphatic heterocycles. The summed E-state index contributed by atoms with van der Waals surface area (Å²) in [5, 5.41) is 9.51. The molecule has 6 heteroatoms. The van der Waals surface area contributed by atoms with Crippen LogP contribution in [0.1, 0.15) is 50.2 Å². The second-order valence-corrected chi connectivity index (χ2v) is 7.14. The molecule has 1 amide bonds. The van der Waals surface area contributed by atoms with E-state index in [9.17, 15) is 4.79 Å². The van der Waals surface area contributed by atoms with Gasteiger partial charge in [-0.2, -0.15) is 0 Å². The van der Waals surface area contributed by atoms with Gasteiger partial charge >= 0.3 is 0 Å². The number of carbonyl (C=O) groups is 1. The smallest absolute Gasteiger partial charge is 0.220 e. The monoisotopic (exact) mass is 374 g/mol. The summed E-state index contributed by atoms with van der Waals surface area (Å²) in [6, 6.07) is 6.13. The lowest BCUT2D eigenvalue weighted by Gasteiger charge is -2.13. The molecule has 0 atom stereocenters. The number of benzene rings is 1. The molecule has 3 N–H and O–H groups in total. The molecule has 6 nitrogen and oxygen atoms in total. The normalized spacial score (nSPS) is 14.9. The van der Waals surface area contributed by atoms with Gasteiger partial charge in [0.05, 0.1) is 13.7 Å². The highest BCUT2D eigenvalue weighted by atomic mass is 16.5. The highest BCUT2D eigenvalue weighted by molar-refractivity contribution is 5.80. The first kappa shape index (κ1) is 21.1. The van der Waals surface area contributed by atoms with Crippen molar-refractivity contribution in [1.29, 1.82) is 0 Å². The van der Waals surface area contributed by atoms with Crippen molar-refractivity contribution in [3.63, 3.8) is 0 Å². The van der Waals surface area contributed by atoms with Crippen LogP contribution in [0.2, 0.25) is 0 Å². The van der Waals surface area contributed by atoms with Gasteiger partial charge in [0.15, 0.2) is 5.96 Å². The van der Waals surface area contributed by atoms with Gasteiger partial charge in [-0.1, -0.05) is 25.0 Å². The zero-order chi connectivity index (χ0) is 19.5. The standard InChI is InChI=1S/C21H34N4O2/c1-4-22-21(25-15-18-10-9-16(2)13-19(18)27-3)24-12-11-23-20(26)14-17-7-5-6-8-17/h9-10,13,17H,4-8,11-12,14-15H2,1-3H3,(H,23,26)(H2,22,24,25). The van der Waals surface area contributed by atoms with Crippen molar-refractivity contribution in [2.45, 2.75) is 52.5 Å². The van der Waals surface area contributed by atoms with Crippen molar-refractivity contribution < 1.29 is 9.53 Å². The number of amides is 1. The molecule has 2 rings (SSSR count). The Balaban J connectivity index is 1.77. The fourth-order valence-corrected chi connectivity index (χ4v) is 3.42. The lowest BCUT2D eigenvalue weighted by Crippen LogP contribution is -2.41. The Morgan fingerprint density at radius 1 is 1.19 bits per heavy atom. The predicted octanol–water partition coefficient (Wildman–Crippen LogP) is 2.76. The molecule has 0 spiro atoms. The van der Waals surface area contributed by atoms with E-state index in [4.69, 9.17) is 4.74 Å². The highest BCUT2D eigenvalue weighted by Crippen LogP contribution is 2.27. The molecule has 0 saturated heterocycles. The zero-order valence-electron chi connectivity index (χ0n) is 16.9. The Morgan fingerprint density at radius 3 is 2.63 bits per heavy atom. The van der Waals surface area contributed by atoms with Crippen LogP contribution >= 0.6 is 0 Å². The van der Waals surface area contributed by atoms with Crippen LogP contribution in [0.15, 0.2) is 23.2 Å². The third kappa shape index (κ3) is 7.49. The SMILES string of the molecule is CCNC(=NCc1ccc(C)cc1OC)NCCNC(=O)CC1CCCC1. The molecule has 0 radical (unpaired) electrons. The number of guanidine groups is 1. The molecule has 1 aliphatic carbocycles. The van der Waals surface area contributed by atoms with Gasteiger partial charge in [0.1, 0.15) is 5.75 Å². The van der Waals surface area contributed by atoms with Gasteiger partial charge < -0.3 is 20.7 Å². The summed E-state index contributed by atoms with van der Waals surface area (Å²) >= 11 is 0. The Morgan fingerprint density at radius 2 is 1.93 bits per heavy atom. The zero-order valence-corrected chi connectivity index (χ0v) is 16.9. The minimum Gasteiger partial charge on any atom is -0.496 e. The molecule has 0 unspecified atom stereocenters. The van der Waals surface area contributed by atoms with E-state index in [0.29, 0.717) is 32.0 Å². The largest absolute Gasteiger partial charge is 0.496 e. The van der Waals surface area contributed by atoms with Crippen molar-refractivity contribution >= 4 is 11.9 Å². The molecule has 0 heterocycles. The summed E-state index contributed by atoms with van der Waals surface area (Å²) in [4.78, 5) is 16.6. The van der Waals surface area contributed by atoms with Crippen molar-refractivity contribution in [3.8, 4) is 5.75 Å². The number of ether oxygens (including phenoxy) is 1. The molecular formula is C21H34N4O2. The quantitative estimate of drug-likeness (QED) is 0.353. The second-order valence-electron chi connectivity index (χ2n) is 7.14. The molecule has 0 aromatic heterocycles. The summed E-state index contributed by atoms with van der Waals surface area (Å²) < 4.78 is 5.44. The van der Waals surface area contributed by atoms with Gasteiger partial charge in [0.2, 0.25) is 5.91 Å². The molecule has 150 valence electrons. The van der Waals surface area contributed by atoms with E-state index in [-0.39, 0.29) is 5.91 Å². The fraction of sp³-hybridized carbons (Fsp3) is 0.619. The van der Waals surface area contributed by atoms with Gasteiger partial charge in [-0.15, -0.1) is 0 Å². The van der Waals surface area contributed by atoms with Gasteiger partial charge in [-0.3, -0.25) is 4.79 Å². The maximum atomic E-state index is 12.0. The first-order chi connectivity index (χ1) is 13.1. The summed E-state index contributed by atoms with van der Waals surface area (Å²) in [7, 11) is 1.68. The van der Waals surface area contributed by atoms with Gasteiger partial charge in [0, 0.05) is 31.6 Å². The Labute approximate surface area is 163 Å². The summed E-state index contributed by atoms with van der Waals surface area (Å²) in [5.74, 6) is 2.34. The number of aliphatic imine (C=N–C) groups is 1. The maximum absolute atomic E-state index is 12.0. The van der Waals surface area contributed by atoms with Crippen LogP contribution in [0, 0.1) is 12.8 Å². The van der Waals surface area contributed by atoms with Crippen molar-refractivity contribution in [2.75, 3.05) is 26.7 Å². The van der Waals surface area contributed by atoms with Crippen LogP contribution in [0.5, 0.6) is 5.75 Å². The second kappa shape index (κ2) is 11.5. The first-order valence-electron chi connectivity index (χ1n) is 10.0. The van der Waals surface area contributed by atoms with Crippen LogP contribution in [0.3, 0.4) is 0 Å². The number of rotatable bonds is 9. The molecule has 27 heavy (non-hydrogen) atoms. The average molecular weight is 375 g/mol. The lowest BCUT2D eigenvalue weighted by atomic mass is 10.0. The molecule has 1 fully saturated rings. The van der Waals surface area contributed by atoms with E-state index < -0.39 is 0 Å². The topological polar surface area (TPSA) is 74.8 Å². The molecular weight excluding hydrogens is 340 g/mol. The van der Waals surface area contributed by atoms with E-state index in [0.717, 1.165) is 29.4 Å². The third-order valence-corrected chi connectivity index (χ3v) is 4.88. The number of hydrogen-bond acceptors (Lipinski definition) is 3. The summed E-state index contributed by atoms with van der Waals surface area (Å²) in [6.45, 7) is 6.64. The molecule has 0 bridgehead atoms. The Bertz CT molecular complexity index is 625. The maximum Gasteiger partial charge on any atom is 0.220 e. The number of carbonyl (C=O) groups excluding carboxylic acids is 1. The number of hydrogen-bond donors (Lipinski definition) is 3. The summed E-state index contributed by atoms with van der Waals surface area (Å²) in [5.41, 5.74) is 2.21. The first-order valence-corrected chi connectivity index (χ1v) is 10.0. The van der Waals surface area contributed by atoms with E-state index in [1.165, 1.54) is 25.7 Å². The van der Waals surface area contributed by atoms with E-state index in [1.54, 1.807) is 7.11 Å². The molecule has 1 aromatic rings. The molecule has 1 aliphatic rings. The van der Waals surface area contributed by atoms with E-state index in [2.05, 4.69) is 27.0 Å². The minimum absolute atomic E-state index is 0.162. The molecule has 1 aromatic carbocycles. The minimum atomic E-state index is 0.162.